The Hall–Kier alpha value is -4.53. The number of nitrogens with zero attached hydrogens (tertiary/aromatic N) is 5. The normalized spacial score (nSPS) is 25.7. The van der Waals surface area contributed by atoms with E-state index in [-0.39, 0.29) is 62.6 Å². The van der Waals surface area contributed by atoms with E-state index in [0.29, 0.717) is 41.9 Å². The van der Waals surface area contributed by atoms with Gasteiger partial charge in [-0.2, -0.15) is 9.97 Å². The van der Waals surface area contributed by atoms with Crippen molar-refractivity contribution in [2.75, 3.05) is 57.8 Å². The van der Waals surface area contributed by atoms with Crippen LogP contribution in [0, 0.1) is 34.8 Å². The number of amides is 1. The predicted molar refractivity (Wildman–Crippen MR) is 187 cm³/mol. The summed E-state index contributed by atoms with van der Waals surface area (Å²) >= 11 is 0. The zero-order valence-electron chi connectivity index (χ0n) is 28.1. The Morgan fingerprint density at radius 3 is 2.58 bits per heavy atom. The molecule has 11 heteroatoms. The number of nitrogens with one attached hydrogen (secondary N) is 1. The molecule has 5 heterocycles. The summed E-state index contributed by atoms with van der Waals surface area (Å²) in [5.41, 5.74) is -0.104. The molecule has 1 aromatic heterocycles. The third-order valence-corrected chi connectivity index (χ3v) is 11.9. The lowest BCUT2D eigenvalue weighted by molar-refractivity contribution is -0.134. The van der Waals surface area contributed by atoms with Crippen LogP contribution in [0.15, 0.2) is 36.4 Å². The van der Waals surface area contributed by atoms with E-state index >= 15 is 8.78 Å². The topological polar surface area (TPSA) is 94.1 Å². The number of hydrogen-bond acceptors (Lipinski definition) is 8. The number of carbonyl (C=O) groups is 1. The molecule has 2 N–H and O–H groups in total. The minimum Gasteiger partial charge on any atom is -0.508 e. The fraction of sp³-hybridized carbons (Fsp3) is 0.462. The lowest BCUT2D eigenvalue weighted by Gasteiger charge is -2.34. The van der Waals surface area contributed by atoms with Crippen molar-refractivity contribution < 1.29 is 23.4 Å². The van der Waals surface area contributed by atoms with E-state index in [9.17, 15) is 9.90 Å². The highest BCUT2D eigenvalue weighted by Gasteiger charge is 2.53. The van der Waals surface area contributed by atoms with Crippen LogP contribution in [0.5, 0.6) is 11.8 Å². The van der Waals surface area contributed by atoms with Gasteiger partial charge in [-0.05, 0) is 74.7 Å². The molecule has 5 fully saturated rings. The SMILES string of the molecule is C#Cc1cccc2cc(O)cc(-c3c(F)cc4c(N5CC6CCC(C5)N6)nc(OCC5(CN6CCC7(CCN(C)C7=O)C6)CC5)nc4c3F)c12. The van der Waals surface area contributed by atoms with Gasteiger partial charge in [-0.1, -0.05) is 18.1 Å². The highest BCUT2D eigenvalue weighted by atomic mass is 19.1. The maximum absolute atomic E-state index is 17.0. The highest BCUT2D eigenvalue weighted by Crippen LogP contribution is 2.49. The number of phenolic OH excluding ortho intramolecular Hbond substituents is 1. The van der Waals surface area contributed by atoms with Gasteiger partial charge >= 0.3 is 6.01 Å². The molecule has 3 unspecified atom stereocenters. The standard InChI is InChI=1S/C39H40F2N6O3/c1-3-23-5-4-6-24-15-27(48)16-28(31(23)24)32-30(40)17-29-34(33(32)41)43-37(44-35(29)47-18-25-7-8-26(19-47)42-25)50-22-38(9-10-38)20-46-14-12-39(21-46)11-13-45(2)36(39)49/h1,4-6,15-17,25-26,42,48H,7-14,18-22H2,2H3. The Labute approximate surface area is 289 Å². The van der Waals surface area contributed by atoms with Crippen LogP contribution in [0.3, 0.4) is 0 Å². The van der Waals surface area contributed by atoms with Crippen molar-refractivity contribution in [1.82, 2.24) is 25.1 Å². The monoisotopic (exact) mass is 678 g/mol. The maximum atomic E-state index is 17.0. The first-order valence-electron chi connectivity index (χ1n) is 17.7. The molecule has 4 aromatic rings. The Bertz CT molecular complexity index is 2100. The molecule has 2 bridgehead atoms. The maximum Gasteiger partial charge on any atom is 0.319 e. The summed E-state index contributed by atoms with van der Waals surface area (Å²) in [5, 5.41) is 15.5. The van der Waals surface area contributed by atoms with Crippen LogP contribution < -0.4 is 15.0 Å². The molecule has 1 amide bonds. The van der Waals surface area contributed by atoms with Gasteiger partial charge in [0.2, 0.25) is 5.91 Å². The third-order valence-electron chi connectivity index (χ3n) is 11.9. The molecule has 5 aliphatic rings. The molecule has 4 aliphatic heterocycles. The van der Waals surface area contributed by atoms with E-state index in [2.05, 4.69) is 26.0 Å². The third kappa shape index (κ3) is 5.14. The second-order valence-corrected chi connectivity index (χ2v) is 15.4. The minimum atomic E-state index is -0.861. The van der Waals surface area contributed by atoms with Gasteiger partial charge in [-0.3, -0.25) is 4.79 Å². The molecule has 1 saturated carbocycles. The summed E-state index contributed by atoms with van der Waals surface area (Å²) in [6, 6.07) is 9.98. The summed E-state index contributed by atoms with van der Waals surface area (Å²) < 4.78 is 39.7. The number of halogens is 2. The largest absolute Gasteiger partial charge is 0.508 e. The van der Waals surface area contributed by atoms with E-state index in [1.54, 1.807) is 18.2 Å². The van der Waals surface area contributed by atoms with E-state index in [1.165, 1.54) is 18.2 Å². The van der Waals surface area contributed by atoms with Crippen molar-refractivity contribution in [2.24, 2.45) is 10.8 Å². The lowest BCUT2D eigenvalue weighted by Crippen LogP contribution is -2.51. The summed E-state index contributed by atoms with van der Waals surface area (Å²) in [4.78, 5) is 28.7. The van der Waals surface area contributed by atoms with Gasteiger partial charge in [-0.15, -0.1) is 6.42 Å². The number of carbonyl (C=O) groups excluding carboxylic acids is 1. The number of aromatic nitrogens is 2. The average molecular weight is 679 g/mol. The van der Waals surface area contributed by atoms with Crippen LogP contribution in [0.25, 0.3) is 32.8 Å². The number of likely N-dealkylation sites (tertiary alicyclic amines) is 2. The molecular weight excluding hydrogens is 638 g/mol. The first-order valence-corrected chi connectivity index (χ1v) is 17.7. The molecule has 1 aliphatic carbocycles. The lowest BCUT2D eigenvalue weighted by atomic mass is 9.85. The average Bonchev–Trinajstić information content (AvgIpc) is 3.49. The molecule has 3 atom stereocenters. The molecule has 3 aromatic carbocycles. The second-order valence-electron chi connectivity index (χ2n) is 15.4. The Kier molecular flexibility index (Phi) is 7.24. The van der Waals surface area contributed by atoms with Crippen molar-refractivity contribution in [2.45, 2.75) is 50.6 Å². The number of fused-ring (bicyclic) bond motifs is 4. The first kappa shape index (κ1) is 31.5. The summed E-state index contributed by atoms with van der Waals surface area (Å²) in [6.07, 6.45) is 11.6. The predicted octanol–water partition coefficient (Wildman–Crippen LogP) is 5.07. The van der Waals surface area contributed by atoms with Crippen molar-refractivity contribution in [3.05, 3.63) is 53.6 Å². The van der Waals surface area contributed by atoms with Gasteiger partial charge in [0, 0.05) is 79.2 Å². The van der Waals surface area contributed by atoms with Crippen LogP contribution in [0.1, 0.15) is 44.1 Å². The molecule has 1 spiro atoms. The zero-order valence-corrected chi connectivity index (χ0v) is 28.1. The van der Waals surface area contributed by atoms with Gasteiger partial charge in [0.25, 0.3) is 0 Å². The Morgan fingerprint density at radius 1 is 1.08 bits per heavy atom. The summed E-state index contributed by atoms with van der Waals surface area (Å²) in [6.45, 7) is 4.96. The zero-order chi connectivity index (χ0) is 34.4. The second kappa shape index (κ2) is 11.5. The number of hydrogen-bond donors (Lipinski definition) is 2. The fourth-order valence-electron chi connectivity index (χ4n) is 9.10. The number of piperazine rings is 1. The van der Waals surface area contributed by atoms with Crippen LogP contribution in [-0.2, 0) is 4.79 Å². The molecule has 0 radical (unpaired) electrons. The number of rotatable bonds is 7. The van der Waals surface area contributed by atoms with Crippen LogP contribution >= 0.6 is 0 Å². The van der Waals surface area contributed by atoms with E-state index < -0.39 is 11.6 Å². The Morgan fingerprint density at radius 2 is 1.86 bits per heavy atom. The molecular formula is C39H40F2N6O3. The van der Waals surface area contributed by atoms with E-state index in [4.69, 9.17) is 16.1 Å². The minimum absolute atomic E-state index is 0.0443. The van der Waals surface area contributed by atoms with Crippen molar-refractivity contribution in [3.8, 4) is 35.2 Å². The molecule has 9 nitrogen and oxygen atoms in total. The van der Waals surface area contributed by atoms with Crippen LogP contribution in [0.2, 0.25) is 0 Å². The first-order chi connectivity index (χ1) is 24.1. The quantitative estimate of drug-likeness (QED) is 0.262. The molecule has 258 valence electrons. The molecule has 50 heavy (non-hydrogen) atoms. The van der Waals surface area contributed by atoms with E-state index in [0.717, 1.165) is 64.7 Å². The summed E-state index contributed by atoms with van der Waals surface area (Å²) in [5.74, 6) is 1.55. The van der Waals surface area contributed by atoms with E-state index in [1.807, 2.05) is 11.9 Å². The highest BCUT2D eigenvalue weighted by molar-refractivity contribution is 6.04. The number of ether oxygens (including phenoxy) is 1. The number of benzene rings is 3. The van der Waals surface area contributed by atoms with Gasteiger partial charge in [0.1, 0.15) is 22.9 Å². The van der Waals surface area contributed by atoms with Gasteiger partial charge in [0.05, 0.1) is 17.6 Å². The van der Waals surface area contributed by atoms with Crippen LogP contribution in [-0.4, -0.2) is 95.8 Å². The van der Waals surface area contributed by atoms with Gasteiger partial charge in [-0.25, -0.2) is 8.78 Å². The molecule has 4 saturated heterocycles. The number of phenols is 1. The van der Waals surface area contributed by atoms with Crippen molar-refractivity contribution >= 4 is 33.4 Å². The van der Waals surface area contributed by atoms with Crippen LogP contribution in [0.4, 0.5) is 14.6 Å². The van der Waals surface area contributed by atoms with Crippen molar-refractivity contribution in [3.63, 3.8) is 0 Å². The smallest absolute Gasteiger partial charge is 0.319 e. The molecule has 9 rings (SSSR count). The number of terminal acetylenes is 1. The van der Waals surface area contributed by atoms with Gasteiger partial charge in [0.15, 0.2) is 5.82 Å². The number of aromatic hydroxyl groups is 1. The summed E-state index contributed by atoms with van der Waals surface area (Å²) in [7, 11) is 1.89. The van der Waals surface area contributed by atoms with Gasteiger partial charge < -0.3 is 29.9 Å². The Balaban J connectivity index is 1.09. The number of anilines is 1. The fourth-order valence-corrected chi connectivity index (χ4v) is 9.10. The van der Waals surface area contributed by atoms with Crippen molar-refractivity contribution in [1.29, 1.82) is 0 Å².